The Morgan fingerprint density at radius 2 is 2.04 bits per heavy atom. The minimum atomic E-state index is -4.60. The van der Waals surface area contributed by atoms with Crippen molar-refractivity contribution in [3.63, 3.8) is 0 Å². The molecule has 138 valence electrons. The lowest BCUT2D eigenvalue weighted by Crippen LogP contribution is -2.25. The minimum absolute atomic E-state index is 0.167. The zero-order chi connectivity index (χ0) is 19.2. The molecule has 10 heteroatoms. The van der Waals surface area contributed by atoms with E-state index >= 15 is 0 Å². The van der Waals surface area contributed by atoms with Crippen LogP contribution in [0.5, 0.6) is 0 Å². The van der Waals surface area contributed by atoms with E-state index < -0.39 is 23.8 Å². The highest BCUT2D eigenvalue weighted by Crippen LogP contribution is 2.36. The van der Waals surface area contributed by atoms with Crippen molar-refractivity contribution in [2.45, 2.75) is 33.0 Å². The van der Waals surface area contributed by atoms with Crippen LogP contribution in [-0.4, -0.2) is 20.7 Å². The summed E-state index contributed by atoms with van der Waals surface area (Å²) < 4.78 is 40.8. The van der Waals surface area contributed by atoms with Gasteiger partial charge in [0.05, 0.1) is 20.4 Å². The summed E-state index contributed by atoms with van der Waals surface area (Å²) in [5.41, 5.74) is 0.995. The predicted octanol–water partition coefficient (Wildman–Crippen LogP) is 5.09. The number of anilines is 1. The SMILES string of the molecule is Cc1ccc2nc(NC(=O)C(C)n3nc(C(F)(F)F)c(Br)c3C)sc2c1. The smallest absolute Gasteiger partial charge is 0.300 e. The molecule has 1 unspecified atom stereocenters. The molecule has 0 aliphatic rings. The van der Waals surface area contributed by atoms with Gasteiger partial charge in [0, 0.05) is 0 Å². The number of thiazole rings is 1. The lowest BCUT2D eigenvalue weighted by Gasteiger charge is -2.13. The first-order valence-corrected chi connectivity index (χ1v) is 9.18. The fourth-order valence-corrected chi connectivity index (χ4v) is 3.92. The Bertz CT molecular complexity index is 995. The molecule has 3 rings (SSSR count). The van der Waals surface area contributed by atoms with Gasteiger partial charge < -0.3 is 5.32 Å². The number of benzene rings is 1. The van der Waals surface area contributed by atoms with Gasteiger partial charge in [-0.2, -0.15) is 18.3 Å². The molecule has 0 aliphatic heterocycles. The van der Waals surface area contributed by atoms with Crippen LogP contribution in [-0.2, 0) is 11.0 Å². The van der Waals surface area contributed by atoms with Gasteiger partial charge in [-0.15, -0.1) is 0 Å². The van der Waals surface area contributed by atoms with E-state index in [0.29, 0.717) is 5.13 Å². The third-order valence-corrected chi connectivity index (χ3v) is 5.75. The number of halogens is 4. The quantitative estimate of drug-likeness (QED) is 0.609. The summed E-state index contributed by atoms with van der Waals surface area (Å²) in [6.07, 6.45) is -4.60. The second-order valence-electron chi connectivity index (χ2n) is 5.85. The van der Waals surface area contributed by atoms with Crippen LogP contribution in [0.25, 0.3) is 10.2 Å². The van der Waals surface area contributed by atoms with Crippen LogP contribution >= 0.6 is 27.3 Å². The van der Waals surface area contributed by atoms with Crippen LogP contribution in [0.1, 0.15) is 29.9 Å². The van der Waals surface area contributed by atoms with Crippen molar-refractivity contribution in [2.75, 3.05) is 5.32 Å². The number of carbonyl (C=O) groups is 1. The van der Waals surface area contributed by atoms with E-state index in [9.17, 15) is 18.0 Å². The van der Waals surface area contributed by atoms with Gasteiger partial charge in [-0.05, 0) is 54.4 Å². The van der Waals surface area contributed by atoms with Crippen molar-refractivity contribution in [2.24, 2.45) is 0 Å². The van der Waals surface area contributed by atoms with E-state index in [1.807, 2.05) is 25.1 Å². The number of carbonyl (C=O) groups excluding carboxylic acids is 1. The molecule has 3 aromatic rings. The second-order valence-corrected chi connectivity index (χ2v) is 7.67. The standard InChI is InChI=1S/C16H14BrF3N4OS/c1-7-4-5-10-11(6-7)26-15(21-10)22-14(25)9(3)24-8(2)12(17)13(23-24)16(18,19)20/h4-6,9H,1-3H3,(H,21,22,25). The van der Waals surface area contributed by atoms with Crippen molar-refractivity contribution in [3.05, 3.63) is 39.6 Å². The normalized spacial score (nSPS) is 13.2. The number of aryl methyl sites for hydroxylation is 1. The molecule has 0 bridgehead atoms. The molecule has 1 N–H and O–H groups in total. The third-order valence-electron chi connectivity index (χ3n) is 3.87. The Labute approximate surface area is 159 Å². The zero-order valence-corrected chi connectivity index (χ0v) is 16.4. The molecule has 0 radical (unpaired) electrons. The monoisotopic (exact) mass is 446 g/mol. The number of aromatic nitrogens is 3. The third kappa shape index (κ3) is 3.48. The first kappa shape index (κ1) is 18.8. The molecular formula is C16H14BrF3N4OS. The van der Waals surface area contributed by atoms with Crippen LogP contribution in [0.2, 0.25) is 0 Å². The maximum atomic E-state index is 13.0. The lowest BCUT2D eigenvalue weighted by molar-refractivity contribution is -0.142. The van der Waals surface area contributed by atoms with Gasteiger partial charge in [0.1, 0.15) is 6.04 Å². The summed E-state index contributed by atoms with van der Waals surface area (Å²) in [7, 11) is 0. The van der Waals surface area contributed by atoms with Crippen molar-refractivity contribution < 1.29 is 18.0 Å². The number of hydrogen-bond acceptors (Lipinski definition) is 4. The van der Waals surface area contributed by atoms with Crippen LogP contribution in [0.15, 0.2) is 22.7 Å². The van der Waals surface area contributed by atoms with Gasteiger partial charge in [0.25, 0.3) is 5.91 Å². The number of amides is 1. The van der Waals surface area contributed by atoms with E-state index in [2.05, 4.69) is 31.3 Å². The van der Waals surface area contributed by atoms with Gasteiger partial charge in [0.15, 0.2) is 10.8 Å². The molecule has 0 saturated heterocycles. The van der Waals surface area contributed by atoms with E-state index in [4.69, 9.17) is 0 Å². The van der Waals surface area contributed by atoms with Crippen molar-refractivity contribution in [1.29, 1.82) is 0 Å². The Morgan fingerprint density at radius 3 is 2.65 bits per heavy atom. The number of nitrogens with zero attached hydrogens (tertiary/aromatic N) is 3. The van der Waals surface area contributed by atoms with Gasteiger partial charge in [-0.1, -0.05) is 17.4 Å². The average Bonchev–Trinajstić information content (AvgIpc) is 3.07. The molecule has 1 aromatic carbocycles. The summed E-state index contributed by atoms with van der Waals surface area (Å²) in [6.45, 7) is 4.91. The van der Waals surface area contributed by atoms with Crippen LogP contribution in [0.3, 0.4) is 0 Å². The highest BCUT2D eigenvalue weighted by molar-refractivity contribution is 9.10. The molecular weight excluding hydrogens is 433 g/mol. The van der Waals surface area contributed by atoms with E-state index in [1.165, 1.54) is 25.2 Å². The molecule has 26 heavy (non-hydrogen) atoms. The Balaban J connectivity index is 1.85. The summed E-state index contributed by atoms with van der Waals surface area (Å²) in [5.74, 6) is -0.493. The highest BCUT2D eigenvalue weighted by Gasteiger charge is 2.39. The summed E-state index contributed by atoms with van der Waals surface area (Å²) in [6, 6.07) is 4.79. The lowest BCUT2D eigenvalue weighted by atomic mass is 10.2. The maximum Gasteiger partial charge on any atom is 0.436 e. The largest absolute Gasteiger partial charge is 0.436 e. The van der Waals surface area contributed by atoms with Crippen LogP contribution < -0.4 is 5.32 Å². The van der Waals surface area contributed by atoms with Crippen LogP contribution in [0.4, 0.5) is 18.3 Å². The molecule has 2 aromatic heterocycles. The fourth-order valence-electron chi connectivity index (χ4n) is 2.46. The number of fused-ring (bicyclic) bond motifs is 1. The van der Waals surface area contributed by atoms with Crippen molar-refractivity contribution in [3.8, 4) is 0 Å². The Morgan fingerprint density at radius 1 is 1.35 bits per heavy atom. The fraction of sp³-hybridized carbons (Fsp3) is 0.312. The van der Waals surface area contributed by atoms with E-state index in [-0.39, 0.29) is 10.2 Å². The molecule has 0 saturated carbocycles. The van der Waals surface area contributed by atoms with Crippen molar-refractivity contribution >= 4 is 48.5 Å². The van der Waals surface area contributed by atoms with Gasteiger partial charge in [-0.3, -0.25) is 9.48 Å². The molecule has 1 amide bonds. The van der Waals surface area contributed by atoms with Gasteiger partial charge in [0.2, 0.25) is 0 Å². The Hall–Kier alpha value is -1.94. The number of hydrogen-bond donors (Lipinski definition) is 1. The average molecular weight is 447 g/mol. The number of rotatable bonds is 3. The predicted molar refractivity (Wildman–Crippen MR) is 97.4 cm³/mol. The summed E-state index contributed by atoms with van der Waals surface area (Å²) >= 11 is 4.21. The maximum absolute atomic E-state index is 13.0. The molecule has 5 nitrogen and oxygen atoms in total. The Kier molecular flexibility index (Phi) is 4.82. The molecule has 0 aliphatic carbocycles. The molecule has 2 heterocycles. The van der Waals surface area contributed by atoms with E-state index in [0.717, 1.165) is 20.5 Å². The number of alkyl halides is 3. The first-order chi connectivity index (χ1) is 12.1. The topological polar surface area (TPSA) is 59.8 Å². The second kappa shape index (κ2) is 6.66. The minimum Gasteiger partial charge on any atom is -0.300 e. The first-order valence-electron chi connectivity index (χ1n) is 7.57. The van der Waals surface area contributed by atoms with Gasteiger partial charge >= 0.3 is 6.18 Å². The highest BCUT2D eigenvalue weighted by atomic mass is 79.9. The molecule has 0 spiro atoms. The summed E-state index contributed by atoms with van der Waals surface area (Å²) in [4.78, 5) is 16.8. The summed E-state index contributed by atoms with van der Waals surface area (Å²) in [5, 5.41) is 6.61. The number of nitrogens with one attached hydrogen (secondary N) is 1. The molecule has 0 fully saturated rings. The van der Waals surface area contributed by atoms with Crippen LogP contribution in [0, 0.1) is 13.8 Å². The molecule has 1 atom stereocenters. The van der Waals surface area contributed by atoms with E-state index in [1.54, 1.807) is 0 Å². The van der Waals surface area contributed by atoms with Gasteiger partial charge in [-0.25, -0.2) is 4.98 Å². The van der Waals surface area contributed by atoms with Crippen molar-refractivity contribution in [1.82, 2.24) is 14.8 Å². The zero-order valence-electron chi connectivity index (χ0n) is 14.0.